The lowest BCUT2D eigenvalue weighted by molar-refractivity contribution is -0.159. The number of aromatic nitrogens is 2. The molecule has 2 aromatic heterocycles. The maximum atomic E-state index is 9.10. The number of carboxylic acids is 4. The van der Waals surface area contributed by atoms with Gasteiger partial charge in [0, 0.05) is 37.1 Å². The maximum Gasteiger partial charge on any atom is 0.414 e. The average Bonchev–Trinajstić information content (AvgIpc) is 3.32. The van der Waals surface area contributed by atoms with E-state index in [1.54, 1.807) is 17.7 Å². The molecule has 1 fully saturated rings. The van der Waals surface area contributed by atoms with E-state index in [4.69, 9.17) is 44.6 Å². The van der Waals surface area contributed by atoms with Gasteiger partial charge in [-0.1, -0.05) is 19.1 Å². The maximum absolute atomic E-state index is 9.10. The molecule has 4 N–H and O–H groups in total. The van der Waals surface area contributed by atoms with Crippen LogP contribution in [0.15, 0.2) is 23.8 Å². The minimum Gasteiger partial charge on any atom is -0.473 e. The molecule has 0 saturated carbocycles. The summed E-state index contributed by atoms with van der Waals surface area (Å²) in [7, 11) is 0. The van der Waals surface area contributed by atoms with Crippen molar-refractivity contribution >= 4 is 51.2 Å². The molecule has 4 rings (SSSR count). The number of nitrogens with zero attached hydrogens (tertiary/aromatic N) is 4. The number of benzene rings is 1. The van der Waals surface area contributed by atoms with Crippen LogP contribution in [0.5, 0.6) is 0 Å². The highest BCUT2D eigenvalue weighted by Crippen LogP contribution is 2.39. The third kappa shape index (κ3) is 7.70. The number of thiophene rings is 1. The van der Waals surface area contributed by atoms with Crippen LogP contribution in [0.4, 0.5) is 5.82 Å². The van der Waals surface area contributed by atoms with Crippen LogP contribution in [0.25, 0.3) is 21.3 Å². The second-order valence-electron chi connectivity index (χ2n) is 8.40. The van der Waals surface area contributed by atoms with E-state index in [1.807, 2.05) is 0 Å². The lowest BCUT2D eigenvalue weighted by atomic mass is 9.96. The molecule has 1 aliphatic rings. The van der Waals surface area contributed by atoms with Gasteiger partial charge in [0.05, 0.1) is 5.39 Å². The molecule has 0 bridgehead atoms. The predicted octanol–water partition coefficient (Wildman–Crippen LogP) is 2.74. The number of hydrogen-bond donors (Lipinski definition) is 4. The van der Waals surface area contributed by atoms with Crippen molar-refractivity contribution in [3.8, 4) is 11.1 Å². The Labute approximate surface area is 222 Å². The molecule has 3 heterocycles. The molecule has 1 aliphatic heterocycles. The number of rotatable bonds is 3. The van der Waals surface area contributed by atoms with Crippen LogP contribution in [-0.4, -0.2) is 91.9 Å². The fraction of sp³-hybridized carbons (Fsp3) is 0.360. The first kappa shape index (κ1) is 30.1. The van der Waals surface area contributed by atoms with Crippen LogP contribution in [0.3, 0.4) is 0 Å². The van der Waals surface area contributed by atoms with Crippen LogP contribution in [-0.2, 0) is 19.2 Å². The molecule has 0 unspecified atom stereocenters. The summed E-state index contributed by atoms with van der Waals surface area (Å²) in [5.41, 5.74) is 6.61. The molecule has 1 aromatic carbocycles. The van der Waals surface area contributed by atoms with Crippen LogP contribution in [0, 0.1) is 20.8 Å². The third-order valence-electron chi connectivity index (χ3n) is 6.07. The number of anilines is 1. The Morgan fingerprint density at radius 1 is 0.842 bits per heavy atom. The number of carbonyl (C=O) groups is 4. The number of hydrogen-bond acceptors (Lipinski definition) is 9. The van der Waals surface area contributed by atoms with Gasteiger partial charge in [-0.15, -0.1) is 11.3 Å². The van der Waals surface area contributed by atoms with Crippen molar-refractivity contribution in [2.75, 3.05) is 37.6 Å². The summed E-state index contributed by atoms with van der Waals surface area (Å²) in [6.45, 7) is 14.2. The smallest absolute Gasteiger partial charge is 0.414 e. The molecule has 13 heteroatoms. The first-order valence-electron chi connectivity index (χ1n) is 11.6. The van der Waals surface area contributed by atoms with Gasteiger partial charge in [-0.2, -0.15) is 0 Å². The van der Waals surface area contributed by atoms with Crippen LogP contribution >= 0.6 is 11.3 Å². The molecule has 0 spiro atoms. The Kier molecular flexibility index (Phi) is 10.7. The van der Waals surface area contributed by atoms with Crippen LogP contribution < -0.4 is 4.90 Å². The molecular weight excluding hydrogens is 516 g/mol. The lowest BCUT2D eigenvalue weighted by Crippen LogP contribution is -2.46. The molecule has 1 saturated heterocycles. The molecule has 0 radical (unpaired) electrons. The summed E-state index contributed by atoms with van der Waals surface area (Å²) in [6, 6.07) is 4.60. The molecule has 3 aromatic rings. The monoisotopic (exact) mass is 546 g/mol. The van der Waals surface area contributed by atoms with Crippen molar-refractivity contribution in [3.63, 3.8) is 0 Å². The molecule has 0 amide bonds. The first-order chi connectivity index (χ1) is 17.9. The zero-order chi connectivity index (χ0) is 28.6. The van der Waals surface area contributed by atoms with Gasteiger partial charge in [0.2, 0.25) is 0 Å². The largest absolute Gasteiger partial charge is 0.473 e. The van der Waals surface area contributed by atoms with E-state index in [0.29, 0.717) is 0 Å². The van der Waals surface area contributed by atoms with Gasteiger partial charge in [-0.25, -0.2) is 29.1 Å². The van der Waals surface area contributed by atoms with E-state index in [2.05, 4.69) is 60.0 Å². The van der Waals surface area contributed by atoms with Gasteiger partial charge < -0.3 is 30.2 Å². The Morgan fingerprint density at radius 3 is 1.79 bits per heavy atom. The van der Waals surface area contributed by atoms with E-state index in [-0.39, 0.29) is 0 Å². The minimum absolute atomic E-state index is 1.03. The zero-order valence-corrected chi connectivity index (χ0v) is 22.3. The lowest BCUT2D eigenvalue weighted by Gasteiger charge is -2.35. The second kappa shape index (κ2) is 13.4. The Morgan fingerprint density at radius 2 is 1.34 bits per heavy atom. The highest BCUT2D eigenvalue weighted by molar-refractivity contribution is 7.17. The highest BCUT2D eigenvalue weighted by Gasteiger charge is 2.22. The third-order valence-corrected chi connectivity index (χ3v) is 6.96. The van der Waals surface area contributed by atoms with E-state index in [9.17, 15) is 0 Å². The average molecular weight is 547 g/mol. The predicted molar refractivity (Wildman–Crippen MR) is 142 cm³/mol. The molecule has 204 valence electrons. The number of fused-ring (bicyclic) bond motifs is 1. The van der Waals surface area contributed by atoms with Crippen molar-refractivity contribution in [3.05, 3.63) is 40.5 Å². The summed E-state index contributed by atoms with van der Waals surface area (Å²) < 4.78 is 0. The van der Waals surface area contributed by atoms with Crippen molar-refractivity contribution in [2.24, 2.45) is 0 Å². The number of aliphatic carboxylic acids is 4. The zero-order valence-electron chi connectivity index (χ0n) is 21.5. The first-order valence-corrected chi connectivity index (χ1v) is 12.4. The summed E-state index contributed by atoms with van der Waals surface area (Å²) in [6.07, 6.45) is 1.72. The van der Waals surface area contributed by atoms with Crippen LogP contribution in [0.2, 0.25) is 0 Å². The van der Waals surface area contributed by atoms with Crippen molar-refractivity contribution in [1.82, 2.24) is 14.9 Å². The fourth-order valence-electron chi connectivity index (χ4n) is 3.78. The molecule has 0 atom stereocenters. The van der Waals surface area contributed by atoms with E-state index in [1.165, 1.54) is 33.2 Å². The van der Waals surface area contributed by atoms with Crippen LogP contribution in [0.1, 0.15) is 23.6 Å². The molecule has 38 heavy (non-hydrogen) atoms. The highest BCUT2D eigenvalue weighted by atomic mass is 32.1. The summed E-state index contributed by atoms with van der Waals surface area (Å²) in [5, 5.41) is 33.0. The van der Waals surface area contributed by atoms with Crippen molar-refractivity contribution in [1.29, 1.82) is 0 Å². The van der Waals surface area contributed by atoms with E-state index < -0.39 is 23.9 Å². The minimum atomic E-state index is -1.82. The number of carboxylic acid groups (broad SMARTS) is 4. The van der Waals surface area contributed by atoms with Gasteiger partial charge in [-0.3, -0.25) is 0 Å². The molecule has 0 aliphatic carbocycles. The summed E-state index contributed by atoms with van der Waals surface area (Å²) in [4.78, 5) is 51.7. The van der Waals surface area contributed by atoms with Crippen molar-refractivity contribution in [2.45, 2.75) is 27.7 Å². The Hall–Kier alpha value is -4.10. The standard InChI is InChI=1S/C21H26N4S.2C2H2O4/c1-5-24-6-8-25(9-7-24)20-19-18(12-26-21(19)23-13-22-20)17-10-14(2)16(4)15(3)11-17;2*3-1(4)2(5)6/h10-13H,5-9H2,1-4H3;2*(H,3,4)(H,5,6). The van der Waals surface area contributed by atoms with Gasteiger partial charge in [0.1, 0.15) is 17.0 Å². The Bertz CT molecular complexity index is 1260. The van der Waals surface area contributed by atoms with Gasteiger partial charge in [0.25, 0.3) is 0 Å². The quantitative estimate of drug-likeness (QED) is 0.353. The molecule has 12 nitrogen and oxygen atoms in total. The van der Waals surface area contributed by atoms with E-state index in [0.717, 1.165) is 43.4 Å². The van der Waals surface area contributed by atoms with Crippen molar-refractivity contribution < 1.29 is 39.6 Å². The number of piperazine rings is 1. The summed E-state index contributed by atoms with van der Waals surface area (Å²) in [5.74, 6) is -6.20. The second-order valence-corrected chi connectivity index (χ2v) is 9.26. The topological polar surface area (TPSA) is 181 Å². The van der Waals surface area contributed by atoms with Gasteiger partial charge in [0.15, 0.2) is 0 Å². The number of likely N-dealkylation sites (N-methyl/N-ethyl adjacent to an activating group) is 1. The molecular formula is C25H30N4O8S. The van der Waals surface area contributed by atoms with Gasteiger partial charge >= 0.3 is 23.9 Å². The number of aryl methyl sites for hydroxylation is 2. The SMILES string of the molecule is CCN1CCN(c2ncnc3scc(-c4cc(C)c(C)c(C)c4)c23)CC1.O=C(O)C(=O)O.O=C(O)C(=O)O. The fourth-order valence-corrected chi connectivity index (χ4v) is 4.69. The summed E-state index contributed by atoms with van der Waals surface area (Å²) >= 11 is 1.72. The normalized spacial score (nSPS) is 13.1. The van der Waals surface area contributed by atoms with Gasteiger partial charge in [-0.05, 0) is 49.6 Å². The van der Waals surface area contributed by atoms with E-state index >= 15 is 0 Å². The Balaban J connectivity index is 0.000000355.